The molecular formula is C51H51FO6. The lowest BCUT2D eigenvalue weighted by Gasteiger charge is -2.51. The van der Waals surface area contributed by atoms with Crippen molar-refractivity contribution in [1.82, 2.24) is 0 Å². The average Bonchev–Trinajstić information content (AvgIpc) is 3.27. The van der Waals surface area contributed by atoms with Gasteiger partial charge in [0.1, 0.15) is 29.4 Å². The highest BCUT2D eigenvalue weighted by Gasteiger charge is 2.56. The molecule has 0 aliphatic heterocycles. The van der Waals surface area contributed by atoms with E-state index in [0.29, 0.717) is 36.3 Å². The Hall–Kier alpha value is -5.15. The fourth-order valence-corrected chi connectivity index (χ4v) is 8.22. The summed E-state index contributed by atoms with van der Waals surface area (Å²) >= 11 is 0. The number of aryl methyl sites for hydroxylation is 2. The number of aliphatic hydroxyl groups is 1. The Bertz CT molecular complexity index is 2310. The maximum Gasteiger partial charge on any atom is 0.133 e. The molecule has 1 saturated carbocycles. The molecule has 1 fully saturated rings. The summed E-state index contributed by atoms with van der Waals surface area (Å²) in [6, 6.07) is 48.1. The Kier molecular flexibility index (Phi) is 11.9. The second kappa shape index (κ2) is 18.6. The molecule has 1 N–H and O–H groups in total. The second-order valence-corrected chi connectivity index (χ2v) is 15.3. The zero-order valence-electron chi connectivity index (χ0n) is 34.8. The molecule has 58 heavy (non-hydrogen) atoms. The van der Waals surface area contributed by atoms with Crippen molar-refractivity contribution in [3.63, 3.8) is 0 Å². The van der Waals surface area contributed by atoms with Gasteiger partial charge in [0.05, 0.1) is 46.2 Å². The van der Waals surface area contributed by atoms with Crippen molar-refractivity contribution in [2.24, 2.45) is 5.92 Å². The van der Waals surface area contributed by atoms with Gasteiger partial charge >= 0.3 is 0 Å². The van der Waals surface area contributed by atoms with Crippen molar-refractivity contribution < 1.29 is 35.9 Å². The molecule has 8 rings (SSSR count). The van der Waals surface area contributed by atoms with Crippen LogP contribution >= 0.6 is 0 Å². The summed E-state index contributed by atoms with van der Waals surface area (Å²) in [5.74, 6) is -0.791. The molecule has 6 aromatic rings. The van der Waals surface area contributed by atoms with Crippen molar-refractivity contribution in [3.8, 4) is 5.75 Å². The van der Waals surface area contributed by atoms with Gasteiger partial charge in [-0.1, -0.05) is 140 Å². The lowest BCUT2D eigenvalue weighted by molar-refractivity contribution is -0.261. The van der Waals surface area contributed by atoms with Crippen LogP contribution in [-0.4, -0.2) is 37.1 Å². The Labute approximate surface area is 344 Å². The van der Waals surface area contributed by atoms with E-state index < -0.39 is 42.0 Å². The number of benzene rings is 6. The van der Waals surface area contributed by atoms with Crippen LogP contribution in [-0.2, 0) is 70.2 Å². The predicted molar refractivity (Wildman–Crippen MR) is 223 cm³/mol. The molecule has 0 radical (unpaired) electrons. The molecule has 2 aliphatic carbocycles. The molecule has 0 spiro atoms. The fraction of sp³-hybridized carbons (Fsp3) is 0.294. The lowest BCUT2D eigenvalue weighted by atomic mass is 9.69. The molecule has 0 heterocycles. The van der Waals surface area contributed by atoms with Crippen LogP contribution in [0.4, 0.5) is 4.39 Å². The van der Waals surface area contributed by atoms with E-state index in [1.54, 1.807) is 6.07 Å². The topological polar surface area (TPSA) is 66.4 Å². The molecule has 0 amide bonds. The van der Waals surface area contributed by atoms with Crippen molar-refractivity contribution in [1.29, 1.82) is 0 Å². The molecular weight excluding hydrogens is 728 g/mol. The van der Waals surface area contributed by atoms with E-state index in [4.69, 9.17) is 26.4 Å². The SMILES string of the molecule is [2H]C1([2H])Cc2ccc(Cc3cc(C4(O)C[C@H](COCc5ccccc5)[C@@H](OCc5ccccc5)[C@H](OCc5ccccc5)[C@H]4OCc4ccccc4)c(F)cc3OC)cc21. The van der Waals surface area contributed by atoms with E-state index >= 15 is 4.39 Å². The quantitative estimate of drug-likeness (QED) is 0.0995. The van der Waals surface area contributed by atoms with E-state index in [-0.39, 0.29) is 38.4 Å². The van der Waals surface area contributed by atoms with E-state index in [2.05, 4.69) is 0 Å². The largest absolute Gasteiger partial charge is 0.496 e. The van der Waals surface area contributed by atoms with Gasteiger partial charge in [-0.2, -0.15) is 0 Å². The van der Waals surface area contributed by atoms with E-state index in [0.717, 1.165) is 33.4 Å². The van der Waals surface area contributed by atoms with Crippen LogP contribution in [0.1, 0.15) is 59.2 Å². The Morgan fingerprint density at radius 3 is 1.76 bits per heavy atom. The number of rotatable bonds is 17. The molecule has 0 saturated heterocycles. The molecule has 7 heteroatoms. The Morgan fingerprint density at radius 2 is 1.19 bits per heavy atom. The first-order valence-corrected chi connectivity index (χ1v) is 20.0. The van der Waals surface area contributed by atoms with Crippen LogP contribution in [0, 0.1) is 11.7 Å². The Balaban J connectivity index is 1.22. The van der Waals surface area contributed by atoms with Gasteiger partial charge in [0, 0.05) is 26.7 Å². The van der Waals surface area contributed by atoms with Crippen LogP contribution < -0.4 is 4.74 Å². The van der Waals surface area contributed by atoms with Gasteiger partial charge in [0.25, 0.3) is 0 Å². The molecule has 298 valence electrons. The summed E-state index contributed by atoms with van der Waals surface area (Å²) in [7, 11) is 1.50. The maximum absolute atomic E-state index is 16.9. The van der Waals surface area contributed by atoms with Crippen LogP contribution in [0.15, 0.2) is 152 Å². The summed E-state index contributed by atoms with van der Waals surface area (Å²) in [6.07, 6.45) is -3.28. The van der Waals surface area contributed by atoms with Gasteiger partial charge in [0.15, 0.2) is 0 Å². The summed E-state index contributed by atoms with van der Waals surface area (Å²) in [6.45, 7) is 1.12. The smallest absolute Gasteiger partial charge is 0.133 e. The normalized spacial score (nSPS) is 22.6. The summed E-state index contributed by atoms with van der Waals surface area (Å²) in [5, 5.41) is 13.5. The molecule has 0 aromatic heterocycles. The van der Waals surface area contributed by atoms with Crippen molar-refractivity contribution in [3.05, 3.63) is 208 Å². The third kappa shape index (κ3) is 9.25. The standard InChI is InChI=1S/C51H51FO6/c1-54-47-29-46(52)45(28-43(47)27-40-22-23-41-24-25-42(41)26-40)51(53)30-44(35-55-31-36-14-6-2-7-15-36)48(56-32-37-16-8-3-9-17-37)49(57-33-38-18-10-4-11-19-38)50(51)58-34-39-20-12-5-13-21-39/h2-23,26,28-29,44,48-50,53H,24-25,27,30-35H2,1H3/t44-,48-,49+,50-,51?/m1/s1/i25D2. The minimum atomic E-state index is -1.94. The van der Waals surface area contributed by atoms with E-state index in [1.807, 2.05) is 140 Å². The van der Waals surface area contributed by atoms with Crippen molar-refractivity contribution in [2.75, 3.05) is 13.7 Å². The van der Waals surface area contributed by atoms with Gasteiger partial charge in [-0.15, -0.1) is 0 Å². The highest BCUT2D eigenvalue weighted by atomic mass is 19.1. The number of halogens is 1. The molecule has 1 unspecified atom stereocenters. The zero-order valence-corrected chi connectivity index (χ0v) is 32.8. The lowest BCUT2D eigenvalue weighted by Crippen LogP contribution is -2.62. The minimum absolute atomic E-state index is 0.0354. The zero-order chi connectivity index (χ0) is 41.5. The summed E-state index contributed by atoms with van der Waals surface area (Å²) in [5.41, 5.74) is 5.04. The summed E-state index contributed by atoms with van der Waals surface area (Å²) < 4.78 is 66.5. The minimum Gasteiger partial charge on any atom is -0.496 e. The number of hydrogen-bond donors (Lipinski definition) is 1. The highest BCUT2D eigenvalue weighted by molar-refractivity contribution is 5.46. The van der Waals surface area contributed by atoms with Gasteiger partial charge < -0.3 is 28.8 Å². The van der Waals surface area contributed by atoms with Gasteiger partial charge in [-0.25, -0.2) is 4.39 Å². The van der Waals surface area contributed by atoms with E-state index in [9.17, 15) is 5.11 Å². The average molecular weight is 781 g/mol. The number of fused-ring (bicyclic) bond motifs is 1. The van der Waals surface area contributed by atoms with Gasteiger partial charge in [-0.3, -0.25) is 0 Å². The highest BCUT2D eigenvalue weighted by Crippen LogP contribution is 2.47. The second-order valence-electron chi connectivity index (χ2n) is 15.3. The predicted octanol–water partition coefficient (Wildman–Crippen LogP) is 9.70. The molecule has 2 aliphatic rings. The van der Waals surface area contributed by atoms with Gasteiger partial charge in [-0.05, 0) is 69.8 Å². The third-order valence-electron chi connectivity index (χ3n) is 11.3. The van der Waals surface area contributed by atoms with Crippen molar-refractivity contribution >= 4 is 0 Å². The first-order valence-electron chi connectivity index (χ1n) is 21.0. The molecule has 5 atom stereocenters. The Morgan fingerprint density at radius 1 is 0.638 bits per heavy atom. The van der Waals surface area contributed by atoms with Crippen LogP contribution in [0.25, 0.3) is 0 Å². The summed E-state index contributed by atoms with van der Waals surface area (Å²) in [4.78, 5) is 0. The number of ether oxygens (including phenoxy) is 5. The van der Waals surface area contributed by atoms with Crippen LogP contribution in [0.5, 0.6) is 5.75 Å². The first-order chi connectivity index (χ1) is 29.2. The maximum atomic E-state index is 16.9. The first kappa shape index (κ1) is 37.1. The van der Waals surface area contributed by atoms with Crippen LogP contribution in [0.2, 0.25) is 0 Å². The fourth-order valence-electron chi connectivity index (χ4n) is 8.22. The molecule has 6 nitrogen and oxygen atoms in total. The van der Waals surface area contributed by atoms with E-state index in [1.165, 1.54) is 13.2 Å². The number of methoxy groups -OCH3 is 1. The monoisotopic (exact) mass is 780 g/mol. The number of hydrogen-bond acceptors (Lipinski definition) is 6. The third-order valence-corrected chi connectivity index (χ3v) is 11.3. The molecule has 0 bridgehead atoms. The van der Waals surface area contributed by atoms with Crippen molar-refractivity contribution in [2.45, 2.75) is 76.0 Å². The molecule has 6 aromatic carbocycles. The van der Waals surface area contributed by atoms with Crippen LogP contribution in [0.3, 0.4) is 0 Å². The van der Waals surface area contributed by atoms with Gasteiger partial charge in [0.2, 0.25) is 0 Å².